The molecular formula is C14H23F3N4O. The van der Waals surface area contributed by atoms with Gasteiger partial charge in [0.05, 0.1) is 5.56 Å². The third-order valence-corrected chi connectivity index (χ3v) is 3.42. The van der Waals surface area contributed by atoms with Crippen LogP contribution in [-0.4, -0.2) is 46.3 Å². The predicted molar refractivity (Wildman–Crippen MR) is 77.6 cm³/mol. The van der Waals surface area contributed by atoms with Gasteiger partial charge in [-0.15, -0.1) is 0 Å². The first-order chi connectivity index (χ1) is 10.2. The van der Waals surface area contributed by atoms with Gasteiger partial charge < -0.3 is 5.32 Å². The summed E-state index contributed by atoms with van der Waals surface area (Å²) in [5.74, 6) is -0.744. The number of halogens is 3. The van der Waals surface area contributed by atoms with Crippen LogP contribution in [0.2, 0.25) is 0 Å². The van der Waals surface area contributed by atoms with E-state index >= 15 is 0 Å². The summed E-state index contributed by atoms with van der Waals surface area (Å²) in [4.78, 5) is 14.1. The number of nitrogens with one attached hydrogen (secondary N) is 1. The molecule has 1 amide bonds. The number of carbonyl (C=O) groups is 1. The number of hydrogen-bond donors (Lipinski definition) is 1. The predicted octanol–water partition coefficient (Wildman–Crippen LogP) is 2.38. The number of aryl methyl sites for hydroxylation is 1. The van der Waals surface area contributed by atoms with Gasteiger partial charge in [-0.1, -0.05) is 6.92 Å². The van der Waals surface area contributed by atoms with Crippen molar-refractivity contribution in [2.45, 2.75) is 46.5 Å². The molecule has 1 N–H and O–H groups in total. The van der Waals surface area contributed by atoms with Gasteiger partial charge in [-0.25, -0.2) is 0 Å². The largest absolute Gasteiger partial charge is 0.435 e. The molecule has 8 heteroatoms. The molecule has 0 aliphatic carbocycles. The third-order valence-electron chi connectivity index (χ3n) is 3.42. The van der Waals surface area contributed by atoms with E-state index < -0.39 is 23.3 Å². The van der Waals surface area contributed by atoms with Gasteiger partial charge in [0.25, 0.3) is 5.91 Å². The average molecular weight is 320 g/mol. The Morgan fingerprint density at radius 2 is 2.05 bits per heavy atom. The lowest BCUT2D eigenvalue weighted by Gasteiger charge is -2.24. The zero-order valence-electron chi connectivity index (χ0n) is 13.4. The lowest BCUT2D eigenvalue weighted by atomic mass is 10.2. The minimum atomic E-state index is -4.64. The summed E-state index contributed by atoms with van der Waals surface area (Å²) >= 11 is 0. The summed E-state index contributed by atoms with van der Waals surface area (Å²) < 4.78 is 39.8. The first-order valence-electron chi connectivity index (χ1n) is 7.37. The molecule has 0 saturated carbocycles. The SMILES string of the molecule is CCN(CCNC(=O)c1cn(CC)nc1C(F)(F)F)C(C)C. The van der Waals surface area contributed by atoms with Crippen LogP contribution in [0.25, 0.3) is 0 Å². The Morgan fingerprint density at radius 3 is 2.50 bits per heavy atom. The lowest BCUT2D eigenvalue weighted by molar-refractivity contribution is -0.141. The minimum Gasteiger partial charge on any atom is -0.351 e. The zero-order valence-corrected chi connectivity index (χ0v) is 13.4. The molecule has 0 atom stereocenters. The lowest BCUT2D eigenvalue weighted by Crippen LogP contribution is -2.38. The molecule has 0 saturated heterocycles. The Balaban J connectivity index is 2.75. The van der Waals surface area contributed by atoms with Gasteiger partial charge in [-0.2, -0.15) is 18.3 Å². The number of hydrogen-bond acceptors (Lipinski definition) is 3. The summed E-state index contributed by atoms with van der Waals surface area (Å²) in [5, 5.41) is 5.96. The molecule has 126 valence electrons. The molecule has 1 aromatic heterocycles. The van der Waals surface area contributed by atoms with E-state index in [4.69, 9.17) is 0 Å². The molecule has 1 rings (SSSR count). The van der Waals surface area contributed by atoms with Crippen molar-refractivity contribution in [3.63, 3.8) is 0 Å². The fourth-order valence-corrected chi connectivity index (χ4v) is 2.15. The van der Waals surface area contributed by atoms with Crippen molar-refractivity contribution in [3.05, 3.63) is 17.5 Å². The van der Waals surface area contributed by atoms with Crippen molar-refractivity contribution in [3.8, 4) is 0 Å². The standard InChI is InChI=1S/C14H23F3N4O/c1-5-20(10(3)4)8-7-18-13(22)11-9-21(6-2)19-12(11)14(15,16)17/h9-10H,5-8H2,1-4H3,(H,18,22). The molecule has 0 spiro atoms. The molecular weight excluding hydrogens is 297 g/mol. The molecule has 0 aromatic carbocycles. The molecule has 22 heavy (non-hydrogen) atoms. The van der Waals surface area contributed by atoms with Crippen LogP contribution in [0.5, 0.6) is 0 Å². The highest BCUT2D eigenvalue weighted by atomic mass is 19.4. The van der Waals surface area contributed by atoms with Gasteiger partial charge in [-0.05, 0) is 27.3 Å². The smallest absolute Gasteiger partial charge is 0.351 e. The van der Waals surface area contributed by atoms with E-state index in [0.29, 0.717) is 19.1 Å². The normalized spacial score (nSPS) is 12.2. The van der Waals surface area contributed by atoms with Crippen LogP contribution in [-0.2, 0) is 12.7 Å². The summed E-state index contributed by atoms with van der Waals surface area (Å²) in [6, 6.07) is 0.315. The molecule has 1 aromatic rings. The number of amides is 1. The molecule has 0 fully saturated rings. The highest BCUT2D eigenvalue weighted by molar-refractivity contribution is 5.95. The zero-order chi connectivity index (χ0) is 16.9. The van der Waals surface area contributed by atoms with Crippen molar-refractivity contribution < 1.29 is 18.0 Å². The number of rotatable bonds is 7. The highest BCUT2D eigenvalue weighted by Gasteiger charge is 2.39. The maximum absolute atomic E-state index is 12.9. The molecule has 1 heterocycles. The van der Waals surface area contributed by atoms with Gasteiger partial charge in [0.2, 0.25) is 0 Å². The summed E-state index contributed by atoms with van der Waals surface area (Å²) in [7, 11) is 0. The Kier molecular flexibility index (Phi) is 6.40. The number of nitrogens with zero attached hydrogens (tertiary/aromatic N) is 3. The first-order valence-corrected chi connectivity index (χ1v) is 7.37. The third kappa shape index (κ3) is 4.72. The Morgan fingerprint density at radius 1 is 1.41 bits per heavy atom. The van der Waals surface area contributed by atoms with E-state index in [1.165, 1.54) is 0 Å². The number of aromatic nitrogens is 2. The van der Waals surface area contributed by atoms with Gasteiger partial charge >= 0.3 is 6.18 Å². The maximum Gasteiger partial charge on any atom is 0.435 e. The molecule has 5 nitrogen and oxygen atoms in total. The Labute approximate surface area is 128 Å². The minimum absolute atomic E-state index is 0.271. The molecule has 0 radical (unpaired) electrons. The van der Waals surface area contributed by atoms with Crippen molar-refractivity contribution >= 4 is 5.91 Å². The van der Waals surface area contributed by atoms with Crippen molar-refractivity contribution in [1.82, 2.24) is 20.0 Å². The molecule has 0 aliphatic rings. The van der Waals surface area contributed by atoms with Crippen LogP contribution in [0.3, 0.4) is 0 Å². The van der Waals surface area contributed by atoms with Crippen molar-refractivity contribution in [2.24, 2.45) is 0 Å². The second kappa shape index (κ2) is 7.62. The van der Waals surface area contributed by atoms with E-state index in [1.54, 1.807) is 6.92 Å². The van der Waals surface area contributed by atoms with Crippen LogP contribution in [0, 0.1) is 0 Å². The number of likely N-dealkylation sites (N-methyl/N-ethyl adjacent to an activating group) is 1. The first kappa shape index (κ1) is 18.5. The van der Waals surface area contributed by atoms with E-state index in [0.717, 1.165) is 17.4 Å². The Bertz CT molecular complexity index is 497. The van der Waals surface area contributed by atoms with Gasteiger partial charge in [0, 0.05) is 31.9 Å². The van der Waals surface area contributed by atoms with Gasteiger partial charge in [0.1, 0.15) is 0 Å². The molecule has 0 unspecified atom stereocenters. The van der Waals surface area contributed by atoms with Crippen LogP contribution in [0.15, 0.2) is 6.20 Å². The van der Waals surface area contributed by atoms with Crippen LogP contribution >= 0.6 is 0 Å². The molecule has 0 aliphatic heterocycles. The topological polar surface area (TPSA) is 50.2 Å². The fourth-order valence-electron chi connectivity index (χ4n) is 2.15. The van der Waals surface area contributed by atoms with Crippen LogP contribution < -0.4 is 5.32 Å². The Hall–Kier alpha value is -1.57. The number of carbonyl (C=O) groups excluding carboxylic acids is 1. The summed E-state index contributed by atoms with van der Waals surface area (Å²) in [6.07, 6.45) is -3.50. The average Bonchev–Trinajstić information content (AvgIpc) is 2.87. The second-order valence-corrected chi connectivity index (χ2v) is 5.22. The van der Waals surface area contributed by atoms with E-state index in [9.17, 15) is 18.0 Å². The van der Waals surface area contributed by atoms with Crippen molar-refractivity contribution in [1.29, 1.82) is 0 Å². The van der Waals surface area contributed by atoms with E-state index in [-0.39, 0.29) is 6.54 Å². The van der Waals surface area contributed by atoms with Gasteiger partial charge in [-0.3, -0.25) is 14.4 Å². The maximum atomic E-state index is 12.9. The highest BCUT2D eigenvalue weighted by Crippen LogP contribution is 2.30. The number of alkyl halides is 3. The second-order valence-electron chi connectivity index (χ2n) is 5.22. The summed E-state index contributed by atoms with van der Waals surface area (Å²) in [6.45, 7) is 9.67. The quantitative estimate of drug-likeness (QED) is 0.839. The van der Waals surface area contributed by atoms with Gasteiger partial charge in [0.15, 0.2) is 5.69 Å². The fraction of sp³-hybridized carbons (Fsp3) is 0.714. The van der Waals surface area contributed by atoms with E-state index in [1.807, 2.05) is 20.8 Å². The van der Waals surface area contributed by atoms with Crippen molar-refractivity contribution in [2.75, 3.05) is 19.6 Å². The summed E-state index contributed by atoms with van der Waals surface area (Å²) in [5.41, 5.74) is -1.56. The monoisotopic (exact) mass is 320 g/mol. The van der Waals surface area contributed by atoms with Crippen LogP contribution in [0.1, 0.15) is 43.7 Å². The van der Waals surface area contributed by atoms with E-state index in [2.05, 4.69) is 15.3 Å². The van der Waals surface area contributed by atoms with Crippen LogP contribution in [0.4, 0.5) is 13.2 Å². The molecule has 0 bridgehead atoms.